The number of aryl methyl sites for hydroxylation is 6. The summed E-state index contributed by atoms with van der Waals surface area (Å²) in [5, 5.41) is 12.2. The van der Waals surface area contributed by atoms with E-state index in [0.29, 0.717) is 0 Å². The number of hydrogen-bond donors (Lipinski definition) is 0. The fourth-order valence-electron chi connectivity index (χ4n) is 5.96. The molecule has 0 saturated heterocycles. The van der Waals surface area contributed by atoms with Crippen LogP contribution in [0.25, 0.3) is 33.2 Å². The first-order valence-electron chi connectivity index (χ1n) is 14.6. The van der Waals surface area contributed by atoms with Crippen LogP contribution in [0.15, 0.2) is 48.8 Å². The number of benzene rings is 3. The van der Waals surface area contributed by atoms with Crippen LogP contribution in [0.4, 0.5) is 0 Å². The molecule has 0 radical (unpaired) electrons. The molecule has 0 aliphatic rings. The van der Waals surface area contributed by atoms with Gasteiger partial charge in [-0.1, -0.05) is 53.4 Å². The zero-order valence-corrected chi connectivity index (χ0v) is 24.1. The monoisotopic (exact) mass is 506 g/mol. The minimum absolute atomic E-state index is 1.11. The highest BCUT2D eigenvalue weighted by atomic mass is 15.3. The highest BCUT2D eigenvalue weighted by Crippen LogP contribution is 2.31. The summed E-state index contributed by atoms with van der Waals surface area (Å²) in [6, 6.07) is 14.0. The maximum absolute atomic E-state index is 4.87. The van der Waals surface area contributed by atoms with Crippen LogP contribution in [0.5, 0.6) is 0 Å². The van der Waals surface area contributed by atoms with Gasteiger partial charge in [0.15, 0.2) is 0 Å². The number of hydrogen-bond acceptors (Lipinski definition) is 2. The van der Waals surface area contributed by atoms with E-state index >= 15 is 0 Å². The Kier molecular flexibility index (Phi) is 7.69. The van der Waals surface area contributed by atoms with Crippen LogP contribution in [-0.4, -0.2) is 19.6 Å². The lowest BCUT2D eigenvalue weighted by molar-refractivity contribution is 0.856. The SMILES string of the molecule is CCCc1cc2cnn(-c3cc(C)c(-n4ncc5cc(CCC)c(CCC)cc54)cc3C)c2cc1CCC. The van der Waals surface area contributed by atoms with Crippen LogP contribution in [-0.2, 0) is 25.7 Å². The lowest BCUT2D eigenvalue weighted by Gasteiger charge is -2.16. The number of rotatable bonds is 10. The molecule has 0 N–H and O–H groups in total. The minimum atomic E-state index is 1.11. The molecule has 5 rings (SSSR count). The van der Waals surface area contributed by atoms with Gasteiger partial charge in [-0.3, -0.25) is 0 Å². The van der Waals surface area contributed by atoms with Crippen molar-refractivity contribution in [2.24, 2.45) is 0 Å². The summed E-state index contributed by atoms with van der Waals surface area (Å²) in [6.07, 6.45) is 13.2. The van der Waals surface area contributed by atoms with Gasteiger partial charge in [-0.05, 0) is 109 Å². The highest BCUT2D eigenvalue weighted by Gasteiger charge is 2.16. The smallest absolute Gasteiger partial charge is 0.0744 e. The van der Waals surface area contributed by atoms with Crippen molar-refractivity contribution in [2.75, 3.05) is 0 Å². The van der Waals surface area contributed by atoms with E-state index in [0.717, 1.165) is 62.7 Å². The number of nitrogens with zero attached hydrogens (tertiary/aromatic N) is 4. The van der Waals surface area contributed by atoms with Crippen LogP contribution in [0.2, 0.25) is 0 Å². The Morgan fingerprint density at radius 1 is 0.500 bits per heavy atom. The Hall–Kier alpha value is -3.40. The lowest BCUT2D eigenvalue weighted by atomic mass is 9.97. The summed E-state index contributed by atoms with van der Waals surface area (Å²) in [6.45, 7) is 13.4. The van der Waals surface area contributed by atoms with Gasteiger partial charge in [-0.15, -0.1) is 0 Å². The maximum Gasteiger partial charge on any atom is 0.0744 e. The normalized spacial score (nSPS) is 11.7. The summed E-state index contributed by atoms with van der Waals surface area (Å²) in [5.74, 6) is 0. The Morgan fingerprint density at radius 2 is 0.842 bits per heavy atom. The Labute approximate surface area is 227 Å². The molecule has 2 heterocycles. The summed E-state index contributed by atoms with van der Waals surface area (Å²) >= 11 is 0. The Morgan fingerprint density at radius 3 is 1.18 bits per heavy atom. The van der Waals surface area contributed by atoms with Crippen LogP contribution in [0.1, 0.15) is 86.8 Å². The molecular weight excluding hydrogens is 464 g/mol. The van der Waals surface area contributed by atoms with Crippen LogP contribution in [0.3, 0.4) is 0 Å². The molecule has 0 aliphatic heterocycles. The van der Waals surface area contributed by atoms with Crippen LogP contribution < -0.4 is 0 Å². The topological polar surface area (TPSA) is 35.6 Å². The molecule has 198 valence electrons. The van der Waals surface area contributed by atoms with Crippen molar-refractivity contribution in [1.82, 2.24) is 19.6 Å². The summed E-state index contributed by atoms with van der Waals surface area (Å²) in [5.41, 5.74) is 12.9. The van der Waals surface area contributed by atoms with Gasteiger partial charge in [0.25, 0.3) is 0 Å². The predicted octanol–water partition coefficient (Wildman–Crippen LogP) is 8.79. The second-order valence-electron chi connectivity index (χ2n) is 10.9. The Balaban J connectivity index is 1.60. The molecule has 3 aromatic carbocycles. The van der Waals surface area contributed by atoms with E-state index < -0.39 is 0 Å². The van der Waals surface area contributed by atoms with Gasteiger partial charge in [-0.2, -0.15) is 10.2 Å². The molecule has 0 aliphatic carbocycles. The quantitative estimate of drug-likeness (QED) is 0.190. The molecule has 0 saturated carbocycles. The minimum Gasteiger partial charge on any atom is -0.233 e. The van der Waals surface area contributed by atoms with Crippen molar-refractivity contribution in [3.05, 3.63) is 82.2 Å². The van der Waals surface area contributed by atoms with Gasteiger partial charge < -0.3 is 0 Å². The summed E-state index contributed by atoms with van der Waals surface area (Å²) < 4.78 is 4.27. The van der Waals surface area contributed by atoms with E-state index in [4.69, 9.17) is 10.2 Å². The van der Waals surface area contributed by atoms with Crippen molar-refractivity contribution < 1.29 is 0 Å². The second-order valence-corrected chi connectivity index (χ2v) is 10.9. The van der Waals surface area contributed by atoms with Crippen molar-refractivity contribution in [1.29, 1.82) is 0 Å². The molecule has 0 bridgehead atoms. The zero-order chi connectivity index (χ0) is 26.8. The zero-order valence-electron chi connectivity index (χ0n) is 24.1. The van der Waals surface area contributed by atoms with Crippen LogP contribution >= 0.6 is 0 Å². The van der Waals surface area contributed by atoms with E-state index in [1.54, 1.807) is 0 Å². The van der Waals surface area contributed by atoms with E-state index in [1.165, 1.54) is 55.2 Å². The lowest BCUT2D eigenvalue weighted by Crippen LogP contribution is -2.05. The molecular formula is C34H42N4. The van der Waals surface area contributed by atoms with Gasteiger partial charge in [-0.25, -0.2) is 9.36 Å². The molecule has 0 spiro atoms. The molecule has 0 atom stereocenters. The molecule has 5 aromatic rings. The average Bonchev–Trinajstić information content (AvgIpc) is 3.49. The van der Waals surface area contributed by atoms with Crippen molar-refractivity contribution in [3.63, 3.8) is 0 Å². The van der Waals surface area contributed by atoms with E-state index in [9.17, 15) is 0 Å². The highest BCUT2D eigenvalue weighted by molar-refractivity contribution is 5.84. The molecule has 2 aromatic heterocycles. The molecule has 38 heavy (non-hydrogen) atoms. The van der Waals surface area contributed by atoms with Gasteiger partial charge in [0.2, 0.25) is 0 Å². The Bertz CT molecular complexity index is 1460. The second kappa shape index (κ2) is 11.1. The summed E-state index contributed by atoms with van der Waals surface area (Å²) in [4.78, 5) is 0. The molecule has 4 nitrogen and oxygen atoms in total. The van der Waals surface area contributed by atoms with Crippen molar-refractivity contribution in [3.8, 4) is 11.4 Å². The number of fused-ring (bicyclic) bond motifs is 2. The van der Waals surface area contributed by atoms with Gasteiger partial charge in [0.1, 0.15) is 0 Å². The van der Waals surface area contributed by atoms with Crippen molar-refractivity contribution >= 4 is 21.8 Å². The van der Waals surface area contributed by atoms with Gasteiger partial charge in [0, 0.05) is 10.8 Å². The van der Waals surface area contributed by atoms with E-state index in [-0.39, 0.29) is 0 Å². The molecule has 4 heteroatoms. The first-order chi connectivity index (χ1) is 18.5. The largest absolute Gasteiger partial charge is 0.233 e. The fourth-order valence-corrected chi connectivity index (χ4v) is 5.96. The third-order valence-electron chi connectivity index (χ3n) is 7.83. The first-order valence-corrected chi connectivity index (χ1v) is 14.6. The fraction of sp³-hybridized carbons (Fsp3) is 0.412. The predicted molar refractivity (Wildman–Crippen MR) is 161 cm³/mol. The van der Waals surface area contributed by atoms with E-state index in [2.05, 4.69) is 87.3 Å². The molecule has 0 unspecified atom stereocenters. The van der Waals surface area contributed by atoms with Gasteiger partial charge in [0.05, 0.1) is 34.8 Å². The summed E-state index contributed by atoms with van der Waals surface area (Å²) in [7, 11) is 0. The third-order valence-corrected chi connectivity index (χ3v) is 7.83. The standard InChI is InChI=1S/C34H42N4/c1-7-11-25-17-29-21-35-37(33(29)19-27(25)13-9-3)31-15-24(6)32(16-23(31)5)38-34-20-28(14-10-4)26(12-8-2)18-30(34)22-36-38/h15-22H,7-14H2,1-6H3. The number of aromatic nitrogens is 4. The van der Waals surface area contributed by atoms with Gasteiger partial charge >= 0.3 is 0 Å². The van der Waals surface area contributed by atoms with Crippen molar-refractivity contribution in [2.45, 2.75) is 92.9 Å². The first kappa shape index (κ1) is 26.2. The maximum atomic E-state index is 4.87. The van der Waals surface area contributed by atoms with E-state index in [1.807, 2.05) is 12.4 Å². The molecule has 0 amide bonds. The molecule has 0 fully saturated rings. The van der Waals surface area contributed by atoms with Crippen LogP contribution in [0, 0.1) is 13.8 Å². The average molecular weight is 507 g/mol. The third kappa shape index (κ3) is 4.77.